The van der Waals surface area contributed by atoms with Gasteiger partial charge in [0.1, 0.15) is 0 Å². The number of nitrogens with one attached hydrogen (secondary N) is 3. The SMILES string of the molecule is CCCc1c(C)c2cc(CC)nc(C)cc3[nH]c(cc(CC)nc(C(C)CCC(=O)NC(C)CCCCN)cc1[nH]2)cc3C. The fourth-order valence-corrected chi connectivity index (χ4v) is 5.70. The molecule has 0 saturated carbocycles. The van der Waals surface area contributed by atoms with E-state index in [1.807, 2.05) is 0 Å². The van der Waals surface area contributed by atoms with E-state index < -0.39 is 0 Å². The fourth-order valence-electron chi connectivity index (χ4n) is 5.70. The Balaban J connectivity index is 2.19. The zero-order chi connectivity index (χ0) is 32.2. The minimum absolute atomic E-state index is 0.0897. The van der Waals surface area contributed by atoms with Crippen LogP contribution >= 0.6 is 0 Å². The van der Waals surface area contributed by atoms with Crippen molar-refractivity contribution in [2.24, 2.45) is 5.73 Å². The van der Waals surface area contributed by atoms with Crippen LogP contribution in [-0.2, 0) is 24.1 Å². The van der Waals surface area contributed by atoms with E-state index in [2.05, 4.69) is 101 Å². The van der Waals surface area contributed by atoms with Crippen molar-refractivity contribution in [1.29, 1.82) is 0 Å². The number of hydrogen-bond acceptors (Lipinski definition) is 4. The lowest BCUT2D eigenvalue weighted by Gasteiger charge is -2.15. The first-order chi connectivity index (χ1) is 21.1. The number of amides is 1. The third-order valence-electron chi connectivity index (χ3n) is 8.43. The number of aromatic nitrogens is 4. The molecule has 0 aliphatic carbocycles. The quantitative estimate of drug-likeness (QED) is 0.148. The number of fused-ring (bicyclic) bond motifs is 4. The number of carbonyl (C=O) groups excluding carboxylic acids is 1. The van der Waals surface area contributed by atoms with Gasteiger partial charge in [0.15, 0.2) is 0 Å². The predicted octanol–water partition coefficient (Wildman–Crippen LogP) is 8.21. The molecule has 3 heterocycles. The summed E-state index contributed by atoms with van der Waals surface area (Å²) in [6.07, 6.45) is 7.82. The number of aryl methyl sites for hydroxylation is 6. The maximum atomic E-state index is 12.9. The summed E-state index contributed by atoms with van der Waals surface area (Å²) in [7, 11) is 0. The Morgan fingerprint density at radius 1 is 0.864 bits per heavy atom. The number of hydrogen-bond donors (Lipinski definition) is 4. The second-order valence-electron chi connectivity index (χ2n) is 12.4. The van der Waals surface area contributed by atoms with E-state index in [-0.39, 0.29) is 17.9 Å². The molecule has 0 spiro atoms. The van der Waals surface area contributed by atoms with E-state index in [0.29, 0.717) is 13.0 Å². The van der Waals surface area contributed by atoms with Gasteiger partial charge >= 0.3 is 0 Å². The van der Waals surface area contributed by atoms with Crippen molar-refractivity contribution >= 4 is 28.0 Å². The van der Waals surface area contributed by atoms with Gasteiger partial charge in [-0.25, -0.2) is 0 Å². The third kappa shape index (κ3) is 10.0. The monoisotopic (exact) mass is 600 g/mol. The van der Waals surface area contributed by atoms with Crippen LogP contribution in [-0.4, -0.2) is 38.4 Å². The molecule has 0 saturated heterocycles. The lowest BCUT2D eigenvalue weighted by molar-refractivity contribution is -0.121. The van der Waals surface area contributed by atoms with Crippen molar-refractivity contribution in [2.75, 3.05) is 6.54 Å². The van der Waals surface area contributed by atoms with E-state index in [1.54, 1.807) is 0 Å². The second-order valence-corrected chi connectivity index (χ2v) is 12.4. The van der Waals surface area contributed by atoms with Crippen molar-refractivity contribution in [3.05, 3.63) is 69.8 Å². The highest BCUT2D eigenvalue weighted by Crippen LogP contribution is 2.26. The summed E-state index contributed by atoms with van der Waals surface area (Å²) in [5.74, 6) is 0.187. The van der Waals surface area contributed by atoms with Gasteiger partial charge in [-0.3, -0.25) is 14.8 Å². The van der Waals surface area contributed by atoms with Crippen LogP contribution in [0.2, 0.25) is 0 Å². The van der Waals surface area contributed by atoms with Crippen molar-refractivity contribution < 1.29 is 4.79 Å². The van der Waals surface area contributed by atoms with Crippen LogP contribution in [0.25, 0.3) is 22.1 Å². The second kappa shape index (κ2) is 17.1. The Morgan fingerprint density at radius 2 is 1.59 bits per heavy atom. The molecule has 2 unspecified atom stereocenters. The van der Waals surface area contributed by atoms with Crippen molar-refractivity contribution in [2.45, 2.75) is 125 Å². The molecular weight excluding hydrogens is 544 g/mol. The van der Waals surface area contributed by atoms with Crippen molar-refractivity contribution in [3.63, 3.8) is 0 Å². The van der Waals surface area contributed by atoms with E-state index in [4.69, 9.17) is 15.7 Å². The molecule has 44 heavy (non-hydrogen) atoms. The minimum atomic E-state index is 0.0897. The summed E-state index contributed by atoms with van der Waals surface area (Å²) in [6.45, 7) is 17.9. The molecular formula is C37H56N6O. The molecule has 0 radical (unpaired) electrons. The molecule has 4 bridgehead atoms. The van der Waals surface area contributed by atoms with Crippen LogP contribution in [0.5, 0.6) is 0 Å². The average Bonchev–Trinajstić information content (AvgIpc) is 3.47. The highest BCUT2D eigenvalue weighted by molar-refractivity contribution is 5.76. The Morgan fingerprint density at radius 3 is 2.27 bits per heavy atom. The van der Waals surface area contributed by atoms with Gasteiger partial charge in [-0.15, -0.1) is 0 Å². The molecule has 3 rings (SSSR count). The molecule has 0 aromatic carbocycles. The van der Waals surface area contributed by atoms with Crippen LogP contribution in [0.1, 0.15) is 119 Å². The van der Waals surface area contributed by atoms with Gasteiger partial charge in [0.2, 0.25) is 5.91 Å². The first-order valence-electron chi connectivity index (χ1n) is 16.7. The number of H-pyrrole nitrogens is 2. The number of unbranched alkanes of at least 4 members (excludes halogenated alkanes) is 1. The summed E-state index contributed by atoms with van der Waals surface area (Å²) < 4.78 is 0. The number of aromatic amines is 2. The van der Waals surface area contributed by atoms with Crippen molar-refractivity contribution in [3.8, 4) is 0 Å². The Hall–Kier alpha value is -3.45. The normalized spacial score (nSPS) is 12.6. The lowest BCUT2D eigenvalue weighted by atomic mass is 9.99. The minimum Gasteiger partial charge on any atom is -0.355 e. The smallest absolute Gasteiger partial charge is 0.220 e. The number of nitrogens with two attached hydrogens (primary N) is 1. The average molecular weight is 601 g/mol. The number of carbonyl (C=O) groups is 1. The summed E-state index contributed by atoms with van der Waals surface area (Å²) >= 11 is 0. The number of rotatable bonds is 13. The molecule has 0 aliphatic rings. The first kappa shape index (κ1) is 35.0. The van der Waals surface area contributed by atoms with Crippen molar-refractivity contribution in [1.82, 2.24) is 25.3 Å². The molecule has 7 heteroatoms. The number of nitrogens with zero attached hydrogens (tertiary/aromatic N) is 2. The van der Waals surface area contributed by atoms with Gasteiger partial charge < -0.3 is 21.0 Å². The largest absolute Gasteiger partial charge is 0.355 e. The Kier molecular flexibility index (Phi) is 13.7. The Labute approximate surface area is 264 Å². The lowest BCUT2D eigenvalue weighted by Crippen LogP contribution is -2.32. The van der Waals surface area contributed by atoms with Crippen LogP contribution in [0.15, 0.2) is 30.3 Å². The predicted molar refractivity (Wildman–Crippen MR) is 186 cm³/mol. The molecule has 2 atom stereocenters. The maximum Gasteiger partial charge on any atom is 0.220 e. The first-order valence-corrected chi connectivity index (χ1v) is 16.7. The van der Waals surface area contributed by atoms with E-state index in [1.165, 1.54) is 16.7 Å². The molecule has 3 aromatic heterocycles. The molecule has 3 aromatic rings. The van der Waals surface area contributed by atoms with Gasteiger partial charge in [-0.2, -0.15) is 0 Å². The standard InChI is InChI=1S/C37H56N6O/c1-9-14-32-28(8)35-22-30(11-3)39-27(7)20-33-25(5)19-31(42-33)21-29(10-2)41-34(23-36(32)43-35)24(4)16-17-37(44)40-26(6)15-12-13-18-38/h19-24,26,42-43H,9-18,38H2,1-8H3,(H,40,44). The van der Waals surface area contributed by atoms with Gasteiger partial charge in [-0.1, -0.05) is 40.5 Å². The van der Waals surface area contributed by atoms with Gasteiger partial charge in [-0.05, 0) is 126 Å². The molecule has 0 fully saturated rings. The van der Waals surface area contributed by atoms with Crippen LogP contribution in [0.3, 0.4) is 0 Å². The summed E-state index contributed by atoms with van der Waals surface area (Å²) in [4.78, 5) is 30.4. The summed E-state index contributed by atoms with van der Waals surface area (Å²) in [5, 5.41) is 3.18. The molecule has 0 aliphatic heterocycles. The summed E-state index contributed by atoms with van der Waals surface area (Å²) in [6, 6.07) is 11.0. The van der Waals surface area contributed by atoms with E-state index in [0.717, 1.165) is 96.2 Å². The van der Waals surface area contributed by atoms with Crippen LogP contribution in [0, 0.1) is 20.8 Å². The van der Waals surface area contributed by atoms with Gasteiger partial charge in [0.05, 0.1) is 0 Å². The molecule has 240 valence electrons. The third-order valence-corrected chi connectivity index (χ3v) is 8.43. The van der Waals surface area contributed by atoms with E-state index >= 15 is 0 Å². The fraction of sp³-hybridized carbons (Fsp3) is 0.541. The van der Waals surface area contributed by atoms with Gasteiger partial charge in [0, 0.05) is 57.3 Å². The molecule has 1 amide bonds. The van der Waals surface area contributed by atoms with Gasteiger partial charge in [0.25, 0.3) is 0 Å². The highest BCUT2D eigenvalue weighted by atomic mass is 16.1. The zero-order valence-electron chi connectivity index (χ0n) is 28.5. The van der Waals surface area contributed by atoms with Crippen LogP contribution < -0.4 is 11.1 Å². The summed E-state index contributed by atoms with van der Waals surface area (Å²) in [5.41, 5.74) is 17.7. The Bertz CT molecular complexity index is 1530. The molecule has 7 nitrogen and oxygen atoms in total. The molecule has 5 N–H and O–H groups in total. The maximum absolute atomic E-state index is 12.9. The van der Waals surface area contributed by atoms with Crippen LogP contribution in [0.4, 0.5) is 0 Å². The topological polar surface area (TPSA) is 112 Å². The zero-order valence-corrected chi connectivity index (χ0v) is 28.5. The van der Waals surface area contributed by atoms with E-state index in [9.17, 15) is 4.79 Å². The highest BCUT2D eigenvalue weighted by Gasteiger charge is 2.14.